The maximum Gasteiger partial charge on any atom is 0.0359 e. The molecule has 0 fully saturated rings. The summed E-state index contributed by atoms with van der Waals surface area (Å²) >= 11 is 4.24. The first-order valence-corrected chi connectivity index (χ1v) is 5.78. The molecule has 0 nitrogen and oxygen atoms in total. The molecule has 1 aromatic carbocycles. The molecule has 1 heterocycles. The summed E-state index contributed by atoms with van der Waals surface area (Å²) in [6, 6.07) is 4.51. The first kappa shape index (κ1) is 8.51. The molecule has 1 aromatic heterocycles. The van der Waals surface area contributed by atoms with E-state index >= 15 is 0 Å². The summed E-state index contributed by atoms with van der Waals surface area (Å²) in [6.45, 7) is 4.34. The minimum Gasteiger partial charge on any atom is -0.143 e. The normalized spacial score (nSPS) is 10.9. The van der Waals surface area contributed by atoms with Gasteiger partial charge in [0.25, 0.3) is 0 Å². The van der Waals surface area contributed by atoms with Gasteiger partial charge in [0.2, 0.25) is 0 Å². The lowest BCUT2D eigenvalue weighted by Gasteiger charge is -1.98. The highest BCUT2D eigenvalue weighted by Gasteiger charge is 2.04. The van der Waals surface area contributed by atoms with E-state index in [1.165, 1.54) is 24.8 Å². The monoisotopic (exact) mass is 288 g/mol. The van der Waals surface area contributed by atoms with Gasteiger partial charge in [-0.05, 0) is 53.6 Å². The van der Waals surface area contributed by atoms with E-state index in [1.54, 1.807) is 0 Å². The lowest BCUT2D eigenvalue weighted by atomic mass is 10.1. The molecule has 0 bridgehead atoms. The smallest absolute Gasteiger partial charge is 0.0359 e. The molecule has 0 saturated carbocycles. The van der Waals surface area contributed by atoms with E-state index in [2.05, 4.69) is 54.0 Å². The Kier molecular flexibility index (Phi) is 2.12. The van der Waals surface area contributed by atoms with Crippen LogP contribution in [0.2, 0.25) is 0 Å². The Balaban J connectivity index is 2.93. The number of halogens is 1. The molecular weight excluding hydrogens is 279 g/mol. The van der Waals surface area contributed by atoms with Crippen molar-refractivity contribution in [2.24, 2.45) is 0 Å². The third-order valence-electron chi connectivity index (χ3n) is 1.97. The molecule has 0 aliphatic rings. The van der Waals surface area contributed by atoms with Gasteiger partial charge in [0.1, 0.15) is 0 Å². The SMILES string of the molecule is Cc1cc(C)c2c(I)csc2c1. The second-order valence-electron chi connectivity index (χ2n) is 3.04. The summed E-state index contributed by atoms with van der Waals surface area (Å²) < 4.78 is 2.79. The lowest BCUT2D eigenvalue weighted by molar-refractivity contribution is 1.44. The van der Waals surface area contributed by atoms with Crippen LogP contribution in [0.3, 0.4) is 0 Å². The largest absolute Gasteiger partial charge is 0.143 e. The summed E-state index contributed by atoms with van der Waals surface area (Å²) in [5.74, 6) is 0. The molecule has 0 spiro atoms. The molecule has 62 valence electrons. The van der Waals surface area contributed by atoms with E-state index in [9.17, 15) is 0 Å². The molecule has 0 aliphatic heterocycles. The van der Waals surface area contributed by atoms with Gasteiger partial charge in [-0.2, -0.15) is 0 Å². The Morgan fingerprint density at radius 2 is 2.00 bits per heavy atom. The highest BCUT2D eigenvalue weighted by molar-refractivity contribution is 14.1. The van der Waals surface area contributed by atoms with Crippen LogP contribution in [0.25, 0.3) is 10.1 Å². The van der Waals surface area contributed by atoms with Crippen LogP contribution in [-0.4, -0.2) is 0 Å². The van der Waals surface area contributed by atoms with E-state index < -0.39 is 0 Å². The zero-order chi connectivity index (χ0) is 8.72. The van der Waals surface area contributed by atoms with Crippen molar-refractivity contribution < 1.29 is 0 Å². The van der Waals surface area contributed by atoms with Crippen LogP contribution in [0.1, 0.15) is 11.1 Å². The minimum atomic E-state index is 1.36. The average Bonchev–Trinajstić information content (AvgIpc) is 2.31. The van der Waals surface area contributed by atoms with Crippen LogP contribution in [-0.2, 0) is 0 Å². The van der Waals surface area contributed by atoms with Crippen molar-refractivity contribution in [3.8, 4) is 0 Å². The number of benzene rings is 1. The molecule has 0 atom stereocenters. The molecule has 2 rings (SSSR count). The van der Waals surface area contributed by atoms with Crippen molar-refractivity contribution in [1.29, 1.82) is 0 Å². The molecule has 0 amide bonds. The third kappa shape index (κ3) is 1.27. The molecule has 2 aromatic rings. The zero-order valence-corrected chi connectivity index (χ0v) is 9.99. The van der Waals surface area contributed by atoms with Crippen molar-refractivity contribution >= 4 is 44.0 Å². The maximum absolute atomic E-state index is 2.40. The predicted molar refractivity (Wildman–Crippen MR) is 64.0 cm³/mol. The van der Waals surface area contributed by atoms with Crippen molar-refractivity contribution in [2.45, 2.75) is 13.8 Å². The van der Waals surface area contributed by atoms with Gasteiger partial charge in [0, 0.05) is 19.0 Å². The Morgan fingerprint density at radius 1 is 1.25 bits per heavy atom. The summed E-state index contributed by atoms with van der Waals surface area (Å²) in [5.41, 5.74) is 2.76. The predicted octanol–water partition coefficient (Wildman–Crippen LogP) is 4.12. The van der Waals surface area contributed by atoms with Gasteiger partial charge in [0.05, 0.1) is 0 Å². The van der Waals surface area contributed by atoms with Gasteiger partial charge in [-0.15, -0.1) is 11.3 Å². The Morgan fingerprint density at radius 3 is 2.75 bits per heavy atom. The summed E-state index contributed by atoms with van der Waals surface area (Å²) in [5, 5.41) is 3.66. The topological polar surface area (TPSA) is 0 Å². The van der Waals surface area contributed by atoms with Crippen LogP contribution in [0.5, 0.6) is 0 Å². The molecular formula is C10H9IS. The van der Waals surface area contributed by atoms with Gasteiger partial charge in [-0.3, -0.25) is 0 Å². The Labute approximate surface area is 89.7 Å². The number of hydrogen-bond donors (Lipinski definition) is 0. The van der Waals surface area contributed by atoms with Crippen LogP contribution >= 0.6 is 33.9 Å². The van der Waals surface area contributed by atoms with E-state index in [0.29, 0.717) is 0 Å². The van der Waals surface area contributed by atoms with Crippen molar-refractivity contribution in [3.05, 3.63) is 32.2 Å². The van der Waals surface area contributed by atoms with E-state index in [0.717, 1.165) is 0 Å². The van der Waals surface area contributed by atoms with Crippen molar-refractivity contribution in [1.82, 2.24) is 0 Å². The molecule has 0 aliphatic carbocycles. The van der Waals surface area contributed by atoms with Gasteiger partial charge in [0.15, 0.2) is 0 Å². The number of fused-ring (bicyclic) bond motifs is 1. The van der Waals surface area contributed by atoms with Gasteiger partial charge in [-0.25, -0.2) is 0 Å². The first-order chi connectivity index (χ1) is 5.68. The standard InChI is InChI=1S/C10H9IS/c1-6-3-7(2)10-8(11)5-12-9(10)4-6/h3-5H,1-2H3. The molecule has 2 heteroatoms. The number of rotatable bonds is 0. The Bertz CT molecular complexity index is 429. The van der Waals surface area contributed by atoms with Crippen molar-refractivity contribution in [2.75, 3.05) is 0 Å². The fourth-order valence-electron chi connectivity index (χ4n) is 1.50. The van der Waals surface area contributed by atoms with Crippen LogP contribution in [0.15, 0.2) is 17.5 Å². The average molecular weight is 288 g/mol. The summed E-state index contributed by atoms with van der Waals surface area (Å²) in [4.78, 5) is 0. The Hall–Kier alpha value is -0.0900. The van der Waals surface area contributed by atoms with Crippen molar-refractivity contribution in [3.63, 3.8) is 0 Å². The number of hydrogen-bond acceptors (Lipinski definition) is 1. The lowest BCUT2D eigenvalue weighted by Crippen LogP contribution is -1.78. The van der Waals surface area contributed by atoms with Gasteiger partial charge >= 0.3 is 0 Å². The molecule has 0 radical (unpaired) electrons. The fourth-order valence-corrected chi connectivity index (χ4v) is 3.77. The maximum atomic E-state index is 2.40. The van der Waals surface area contributed by atoms with Crippen LogP contribution in [0.4, 0.5) is 0 Å². The molecule has 0 unspecified atom stereocenters. The van der Waals surface area contributed by atoms with Gasteiger partial charge < -0.3 is 0 Å². The molecule has 0 saturated heterocycles. The molecule has 12 heavy (non-hydrogen) atoms. The number of aryl methyl sites for hydroxylation is 2. The number of thiophene rings is 1. The molecule has 0 N–H and O–H groups in total. The van der Waals surface area contributed by atoms with E-state index in [1.807, 2.05) is 11.3 Å². The quantitative estimate of drug-likeness (QED) is 0.640. The summed E-state index contributed by atoms with van der Waals surface area (Å²) in [7, 11) is 0. The fraction of sp³-hybridized carbons (Fsp3) is 0.200. The van der Waals surface area contributed by atoms with Gasteiger partial charge in [-0.1, -0.05) is 6.07 Å². The van der Waals surface area contributed by atoms with Crippen LogP contribution < -0.4 is 0 Å². The van der Waals surface area contributed by atoms with Crippen LogP contribution in [0, 0.1) is 17.4 Å². The third-order valence-corrected chi connectivity index (χ3v) is 4.17. The highest BCUT2D eigenvalue weighted by atomic mass is 127. The van der Waals surface area contributed by atoms with E-state index in [4.69, 9.17) is 0 Å². The second kappa shape index (κ2) is 3.00. The zero-order valence-electron chi connectivity index (χ0n) is 7.02. The summed E-state index contributed by atoms with van der Waals surface area (Å²) in [6.07, 6.45) is 0. The first-order valence-electron chi connectivity index (χ1n) is 3.82. The second-order valence-corrected chi connectivity index (χ2v) is 5.11. The van der Waals surface area contributed by atoms with E-state index in [-0.39, 0.29) is 0 Å². The highest BCUT2D eigenvalue weighted by Crippen LogP contribution is 2.30. The minimum absolute atomic E-state index is 1.36.